The quantitative estimate of drug-likeness (QED) is 0.698. The zero-order valence-electron chi connectivity index (χ0n) is 15.4. The Balaban J connectivity index is 1.68. The van der Waals surface area contributed by atoms with E-state index in [1.165, 1.54) is 5.56 Å². The number of para-hydroxylation sites is 2. The molecule has 0 saturated carbocycles. The van der Waals surface area contributed by atoms with Crippen LogP contribution in [0.5, 0.6) is 5.75 Å². The van der Waals surface area contributed by atoms with Crippen molar-refractivity contribution < 1.29 is 9.53 Å². The van der Waals surface area contributed by atoms with Crippen LogP contribution in [0.4, 0.5) is 11.4 Å². The van der Waals surface area contributed by atoms with Gasteiger partial charge in [0.2, 0.25) is 0 Å². The summed E-state index contributed by atoms with van der Waals surface area (Å²) < 4.78 is 5.28. The van der Waals surface area contributed by atoms with Gasteiger partial charge in [0.05, 0.1) is 30.2 Å². The summed E-state index contributed by atoms with van der Waals surface area (Å²) in [6.45, 7) is 0.809. The molecule has 3 rings (SSSR count). The molecule has 1 N–H and O–H groups in total. The number of nitrogens with zero attached hydrogens (tertiary/aromatic N) is 3. The first kappa shape index (κ1) is 18.4. The Morgan fingerprint density at radius 3 is 2.67 bits per heavy atom. The molecular weight excluding hydrogens is 340 g/mol. The number of nitrogens with one attached hydrogen (secondary N) is 1. The molecular formula is C21H22N4O2. The fourth-order valence-electron chi connectivity index (χ4n) is 2.68. The van der Waals surface area contributed by atoms with Crippen LogP contribution in [-0.2, 0) is 6.42 Å². The van der Waals surface area contributed by atoms with Gasteiger partial charge < -0.3 is 15.0 Å². The van der Waals surface area contributed by atoms with E-state index in [0.29, 0.717) is 17.0 Å². The highest BCUT2D eigenvalue weighted by molar-refractivity contribution is 6.05. The van der Waals surface area contributed by atoms with E-state index in [1.54, 1.807) is 44.0 Å². The third-order valence-corrected chi connectivity index (χ3v) is 4.27. The molecule has 27 heavy (non-hydrogen) atoms. The average Bonchev–Trinajstić information content (AvgIpc) is 2.73. The van der Waals surface area contributed by atoms with Crippen LogP contribution in [0.25, 0.3) is 0 Å². The number of hydrogen-bond acceptors (Lipinski definition) is 5. The highest BCUT2D eigenvalue weighted by Gasteiger charge is 2.12. The first-order valence-corrected chi connectivity index (χ1v) is 8.67. The van der Waals surface area contributed by atoms with E-state index in [4.69, 9.17) is 4.74 Å². The van der Waals surface area contributed by atoms with Gasteiger partial charge in [0.25, 0.3) is 5.91 Å². The molecule has 0 fully saturated rings. The lowest BCUT2D eigenvalue weighted by Crippen LogP contribution is -2.21. The molecule has 6 heteroatoms. The summed E-state index contributed by atoms with van der Waals surface area (Å²) in [5, 5.41) is 2.87. The molecule has 3 aromatic rings. The van der Waals surface area contributed by atoms with Crippen molar-refractivity contribution in [1.29, 1.82) is 0 Å². The molecule has 0 aliphatic rings. The Morgan fingerprint density at radius 2 is 1.89 bits per heavy atom. The van der Waals surface area contributed by atoms with Crippen molar-refractivity contribution in [1.82, 2.24) is 9.97 Å². The molecule has 2 heterocycles. The van der Waals surface area contributed by atoms with Gasteiger partial charge in [-0.05, 0) is 42.3 Å². The number of methoxy groups -OCH3 is 1. The number of rotatable bonds is 7. The highest BCUT2D eigenvalue weighted by Crippen LogP contribution is 2.24. The number of pyridine rings is 2. The number of ether oxygens (including phenoxy) is 1. The van der Waals surface area contributed by atoms with Crippen LogP contribution in [0.1, 0.15) is 15.9 Å². The zero-order chi connectivity index (χ0) is 19.1. The minimum absolute atomic E-state index is 0.226. The van der Waals surface area contributed by atoms with Crippen molar-refractivity contribution in [3.8, 4) is 5.75 Å². The molecule has 0 aliphatic carbocycles. The smallest absolute Gasteiger partial charge is 0.257 e. The maximum atomic E-state index is 12.6. The summed E-state index contributed by atoms with van der Waals surface area (Å²) in [5.74, 6) is 0.390. The van der Waals surface area contributed by atoms with Crippen LogP contribution in [0, 0.1) is 0 Å². The van der Waals surface area contributed by atoms with Gasteiger partial charge in [-0.25, -0.2) is 0 Å². The normalized spacial score (nSPS) is 10.3. The number of amides is 1. The second kappa shape index (κ2) is 8.80. The van der Waals surface area contributed by atoms with Crippen molar-refractivity contribution in [2.75, 3.05) is 30.9 Å². The van der Waals surface area contributed by atoms with Gasteiger partial charge in [-0.1, -0.05) is 12.1 Å². The van der Waals surface area contributed by atoms with Gasteiger partial charge in [-0.2, -0.15) is 0 Å². The molecule has 0 saturated heterocycles. The van der Waals surface area contributed by atoms with Crippen LogP contribution in [0.15, 0.2) is 67.3 Å². The van der Waals surface area contributed by atoms with Gasteiger partial charge in [0.15, 0.2) is 0 Å². The summed E-state index contributed by atoms with van der Waals surface area (Å²) in [4.78, 5) is 22.9. The van der Waals surface area contributed by atoms with E-state index in [2.05, 4.69) is 20.2 Å². The average molecular weight is 362 g/mol. The number of likely N-dealkylation sites (N-methyl/N-ethyl adjacent to an activating group) is 1. The number of hydrogen-bond donors (Lipinski definition) is 1. The third-order valence-electron chi connectivity index (χ3n) is 4.27. The van der Waals surface area contributed by atoms with Crippen molar-refractivity contribution in [2.45, 2.75) is 6.42 Å². The number of carbonyl (C=O) groups is 1. The standard InChI is InChI=1S/C21H22N4O2/c1-25(12-9-16-7-10-22-11-8-16)18-13-17(14-23-15-18)21(26)24-19-5-3-4-6-20(19)27-2/h3-8,10-11,13-15H,9,12H2,1-2H3,(H,24,26). The lowest BCUT2D eigenvalue weighted by Gasteiger charge is -2.19. The van der Waals surface area contributed by atoms with Crippen LogP contribution >= 0.6 is 0 Å². The first-order valence-electron chi connectivity index (χ1n) is 8.67. The van der Waals surface area contributed by atoms with E-state index >= 15 is 0 Å². The van der Waals surface area contributed by atoms with E-state index in [1.807, 2.05) is 37.4 Å². The molecule has 0 aliphatic heterocycles. The molecule has 0 radical (unpaired) electrons. The van der Waals surface area contributed by atoms with Gasteiger partial charge >= 0.3 is 0 Å². The van der Waals surface area contributed by atoms with E-state index in [9.17, 15) is 4.79 Å². The second-order valence-electron chi connectivity index (χ2n) is 6.11. The van der Waals surface area contributed by atoms with Gasteiger partial charge in [-0.3, -0.25) is 14.8 Å². The lowest BCUT2D eigenvalue weighted by atomic mass is 10.2. The molecule has 0 spiro atoms. The molecule has 138 valence electrons. The zero-order valence-corrected chi connectivity index (χ0v) is 15.4. The predicted molar refractivity (Wildman–Crippen MR) is 106 cm³/mol. The molecule has 1 amide bonds. The molecule has 2 aromatic heterocycles. The summed E-state index contributed by atoms with van der Waals surface area (Å²) in [6.07, 6.45) is 7.79. The third kappa shape index (κ3) is 4.82. The predicted octanol–water partition coefficient (Wildman–Crippen LogP) is 3.42. The molecule has 0 bridgehead atoms. The molecule has 1 aromatic carbocycles. The largest absolute Gasteiger partial charge is 0.495 e. The Kier molecular flexibility index (Phi) is 5.99. The van der Waals surface area contributed by atoms with Gasteiger partial charge in [0, 0.05) is 32.2 Å². The maximum absolute atomic E-state index is 12.6. The Labute approximate surface area is 158 Å². The number of aromatic nitrogens is 2. The van der Waals surface area contributed by atoms with E-state index in [0.717, 1.165) is 18.7 Å². The lowest BCUT2D eigenvalue weighted by molar-refractivity contribution is 0.102. The van der Waals surface area contributed by atoms with Gasteiger partial charge in [0.1, 0.15) is 5.75 Å². The molecule has 0 unspecified atom stereocenters. The Hall–Kier alpha value is -3.41. The maximum Gasteiger partial charge on any atom is 0.257 e. The summed E-state index contributed by atoms with van der Waals surface area (Å²) in [7, 11) is 3.56. The van der Waals surface area contributed by atoms with Crippen LogP contribution < -0.4 is 15.0 Å². The summed E-state index contributed by atoms with van der Waals surface area (Å²) >= 11 is 0. The minimum atomic E-state index is -0.226. The van der Waals surface area contributed by atoms with Crippen molar-refractivity contribution in [2.24, 2.45) is 0 Å². The van der Waals surface area contributed by atoms with Crippen molar-refractivity contribution in [3.05, 3.63) is 78.4 Å². The van der Waals surface area contributed by atoms with Crippen molar-refractivity contribution >= 4 is 17.3 Å². The topological polar surface area (TPSA) is 67.3 Å². The highest BCUT2D eigenvalue weighted by atomic mass is 16.5. The number of carbonyl (C=O) groups excluding carboxylic acids is 1. The van der Waals surface area contributed by atoms with Crippen LogP contribution in [0.3, 0.4) is 0 Å². The Bertz CT molecular complexity index is 899. The first-order chi connectivity index (χ1) is 13.2. The van der Waals surface area contributed by atoms with E-state index in [-0.39, 0.29) is 5.91 Å². The second-order valence-corrected chi connectivity index (χ2v) is 6.11. The molecule has 0 atom stereocenters. The van der Waals surface area contributed by atoms with Gasteiger partial charge in [-0.15, -0.1) is 0 Å². The summed E-state index contributed by atoms with van der Waals surface area (Å²) in [6, 6.07) is 13.1. The van der Waals surface area contributed by atoms with Crippen molar-refractivity contribution in [3.63, 3.8) is 0 Å². The monoisotopic (exact) mass is 362 g/mol. The fraction of sp³-hybridized carbons (Fsp3) is 0.190. The molecule has 6 nitrogen and oxygen atoms in total. The van der Waals surface area contributed by atoms with Crippen LogP contribution in [0.2, 0.25) is 0 Å². The fourth-order valence-corrected chi connectivity index (χ4v) is 2.68. The van der Waals surface area contributed by atoms with Crippen LogP contribution in [-0.4, -0.2) is 36.6 Å². The SMILES string of the molecule is COc1ccccc1NC(=O)c1cncc(N(C)CCc2ccncc2)c1. The minimum Gasteiger partial charge on any atom is -0.495 e. The number of benzene rings is 1. The Morgan fingerprint density at radius 1 is 1.11 bits per heavy atom. The van der Waals surface area contributed by atoms with E-state index < -0.39 is 0 Å². The number of anilines is 2. The summed E-state index contributed by atoms with van der Waals surface area (Å²) in [5.41, 5.74) is 3.22.